The number of primary amides is 1. The molecule has 4 rings (SSSR count). The van der Waals surface area contributed by atoms with Crippen LogP contribution in [0, 0.1) is 0 Å². The third-order valence-electron chi connectivity index (χ3n) is 7.79. The van der Waals surface area contributed by atoms with Gasteiger partial charge in [-0.25, -0.2) is 9.59 Å². The lowest BCUT2D eigenvalue weighted by Crippen LogP contribution is -2.57. The summed E-state index contributed by atoms with van der Waals surface area (Å²) in [5, 5.41) is 16.0. The minimum atomic E-state index is -1.32. The molecular formula is C40H47N5O10. The Morgan fingerprint density at radius 1 is 0.782 bits per heavy atom. The Kier molecular flexibility index (Phi) is 16.1. The van der Waals surface area contributed by atoms with Crippen molar-refractivity contribution in [3.63, 3.8) is 0 Å². The summed E-state index contributed by atoms with van der Waals surface area (Å²) in [6.45, 7) is 6.01. The molecule has 3 aromatic carbocycles. The molecule has 55 heavy (non-hydrogen) atoms. The molecule has 0 fully saturated rings. The maximum Gasteiger partial charge on any atom is 0.408 e. The number of nitrogens with one attached hydrogen (secondary N) is 3. The molecule has 15 nitrogen and oxygen atoms in total. The van der Waals surface area contributed by atoms with Crippen molar-refractivity contribution in [3.8, 4) is 0 Å². The van der Waals surface area contributed by atoms with E-state index in [2.05, 4.69) is 16.0 Å². The lowest BCUT2D eigenvalue weighted by Gasteiger charge is -2.26. The molecule has 0 aliphatic carbocycles. The van der Waals surface area contributed by atoms with E-state index >= 15 is 0 Å². The lowest BCUT2D eigenvalue weighted by atomic mass is 10.0. The van der Waals surface area contributed by atoms with Crippen molar-refractivity contribution in [2.24, 2.45) is 5.73 Å². The van der Waals surface area contributed by atoms with Crippen LogP contribution >= 0.6 is 0 Å². The van der Waals surface area contributed by atoms with E-state index in [4.69, 9.17) is 25.1 Å². The van der Waals surface area contributed by atoms with Crippen molar-refractivity contribution in [2.75, 3.05) is 0 Å². The first-order valence-corrected chi connectivity index (χ1v) is 17.4. The van der Waals surface area contributed by atoms with E-state index in [1.54, 1.807) is 75.5 Å². The van der Waals surface area contributed by atoms with Crippen molar-refractivity contribution in [3.05, 3.63) is 108 Å². The number of benzene rings is 3. The molecule has 1 aromatic heterocycles. The second-order valence-corrected chi connectivity index (χ2v) is 13.5. The first-order chi connectivity index (χ1) is 26.1. The Bertz CT molecular complexity index is 1940. The number of hydrogen-bond donors (Lipinski definition) is 5. The van der Waals surface area contributed by atoms with Crippen LogP contribution in [0.1, 0.15) is 57.2 Å². The summed E-state index contributed by atoms with van der Waals surface area (Å²) < 4.78 is 12.3. The minimum absolute atomic E-state index is 0.0237. The summed E-state index contributed by atoms with van der Waals surface area (Å²) >= 11 is 0. The number of esters is 1. The van der Waals surface area contributed by atoms with Crippen LogP contribution in [0.15, 0.2) is 91.1 Å². The molecule has 4 aromatic rings. The molecule has 292 valence electrons. The zero-order valence-electron chi connectivity index (χ0n) is 31.2. The number of carboxylic acid groups (broad SMARTS) is 1. The molecule has 3 atom stereocenters. The SMILES string of the molecule is CC(=O)O.CC(C)(C)OC(=O)N[C@@H](CCC(N)=O)C(=O)N[C@H](Cc1cn(C=O)c2ccccc12)C(=O)N[C@@H](Cc1ccccc1)C(=O)OCc1ccccc1. The van der Waals surface area contributed by atoms with Gasteiger partial charge in [0, 0.05) is 37.8 Å². The quantitative estimate of drug-likeness (QED) is 0.0827. The molecule has 0 aliphatic rings. The molecule has 0 spiro atoms. The molecule has 0 unspecified atom stereocenters. The Morgan fingerprint density at radius 2 is 1.33 bits per heavy atom. The van der Waals surface area contributed by atoms with Gasteiger partial charge in [-0.15, -0.1) is 0 Å². The van der Waals surface area contributed by atoms with Crippen LogP contribution in [0.3, 0.4) is 0 Å². The maximum atomic E-state index is 14.2. The second-order valence-electron chi connectivity index (χ2n) is 13.5. The third-order valence-corrected chi connectivity index (χ3v) is 7.79. The van der Waals surface area contributed by atoms with Crippen molar-refractivity contribution in [1.82, 2.24) is 20.5 Å². The van der Waals surface area contributed by atoms with Gasteiger partial charge >= 0.3 is 12.1 Å². The number of fused-ring (bicyclic) bond motifs is 1. The molecule has 4 amide bonds. The van der Waals surface area contributed by atoms with Gasteiger partial charge in [0.15, 0.2) is 0 Å². The van der Waals surface area contributed by atoms with Gasteiger partial charge in [-0.3, -0.25) is 28.5 Å². The van der Waals surface area contributed by atoms with Crippen molar-refractivity contribution >= 4 is 53.1 Å². The van der Waals surface area contributed by atoms with Crippen molar-refractivity contribution < 1.29 is 48.1 Å². The van der Waals surface area contributed by atoms with Crippen LogP contribution in [0.5, 0.6) is 0 Å². The van der Waals surface area contributed by atoms with Crippen LogP contribution in [-0.4, -0.2) is 75.6 Å². The molecule has 0 radical (unpaired) electrons. The predicted molar refractivity (Wildman–Crippen MR) is 203 cm³/mol. The minimum Gasteiger partial charge on any atom is -0.481 e. The van der Waals surface area contributed by atoms with E-state index in [0.29, 0.717) is 22.9 Å². The van der Waals surface area contributed by atoms with Gasteiger partial charge in [0.25, 0.3) is 5.97 Å². The van der Waals surface area contributed by atoms with Gasteiger partial charge < -0.3 is 36.3 Å². The third kappa shape index (κ3) is 14.8. The van der Waals surface area contributed by atoms with Crippen molar-refractivity contribution in [1.29, 1.82) is 0 Å². The number of nitrogens with two attached hydrogens (primary N) is 1. The number of carbonyl (C=O) groups is 7. The highest BCUT2D eigenvalue weighted by Gasteiger charge is 2.32. The van der Waals surface area contributed by atoms with Gasteiger partial charge in [-0.1, -0.05) is 78.9 Å². The summed E-state index contributed by atoms with van der Waals surface area (Å²) in [5.41, 5.74) is 7.12. The molecular weight excluding hydrogens is 710 g/mol. The van der Waals surface area contributed by atoms with Gasteiger partial charge in [0.05, 0.1) is 5.52 Å². The summed E-state index contributed by atoms with van der Waals surface area (Å²) in [6.07, 6.45) is 0.835. The number of hydrogen-bond acceptors (Lipinski definition) is 9. The Labute approximate surface area is 318 Å². The molecule has 6 N–H and O–H groups in total. The fourth-order valence-electron chi connectivity index (χ4n) is 5.38. The first kappa shape index (κ1) is 42.9. The summed E-state index contributed by atoms with van der Waals surface area (Å²) in [4.78, 5) is 86.7. The van der Waals surface area contributed by atoms with Crippen LogP contribution in [0.4, 0.5) is 4.79 Å². The topological polar surface area (TPSA) is 225 Å². The zero-order valence-corrected chi connectivity index (χ0v) is 31.2. The number of carboxylic acids is 1. The van der Waals surface area contributed by atoms with E-state index in [-0.39, 0.29) is 32.3 Å². The molecule has 15 heteroatoms. The number of amides is 4. The highest BCUT2D eigenvalue weighted by Crippen LogP contribution is 2.22. The van der Waals surface area contributed by atoms with Gasteiger partial charge in [0.2, 0.25) is 24.1 Å². The zero-order chi connectivity index (χ0) is 40.5. The summed E-state index contributed by atoms with van der Waals surface area (Å²) in [5.74, 6) is -3.75. The average Bonchev–Trinajstić information content (AvgIpc) is 3.48. The highest BCUT2D eigenvalue weighted by atomic mass is 16.6. The van der Waals surface area contributed by atoms with Crippen LogP contribution in [0.25, 0.3) is 10.9 Å². The second kappa shape index (κ2) is 20.7. The molecule has 1 heterocycles. The Balaban J connectivity index is 0.00000193. The number of para-hydroxylation sites is 1. The van der Waals surface area contributed by atoms with Crippen LogP contribution < -0.4 is 21.7 Å². The molecule has 0 bridgehead atoms. The number of ether oxygens (including phenoxy) is 2. The van der Waals surface area contributed by atoms with Crippen molar-refractivity contribution in [2.45, 2.75) is 83.7 Å². The summed E-state index contributed by atoms with van der Waals surface area (Å²) in [7, 11) is 0. The average molecular weight is 758 g/mol. The highest BCUT2D eigenvalue weighted by molar-refractivity contribution is 5.95. The number of rotatable bonds is 16. The van der Waals surface area contributed by atoms with E-state index < -0.39 is 59.5 Å². The lowest BCUT2D eigenvalue weighted by molar-refractivity contribution is -0.149. The van der Waals surface area contributed by atoms with E-state index in [1.165, 1.54) is 4.57 Å². The Morgan fingerprint density at radius 3 is 1.91 bits per heavy atom. The van der Waals surface area contributed by atoms with Gasteiger partial charge in [0.1, 0.15) is 30.3 Å². The smallest absolute Gasteiger partial charge is 0.408 e. The maximum absolute atomic E-state index is 14.2. The number of carbonyl (C=O) groups excluding carboxylic acids is 6. The number of aliphatic carboxylic acids is 1. The fourth-order valence-corrected chi connectivity index (χ4v) is 5.38. The van der Waals surface area contributed by atoms with E-state index in [0.717, 1.165) is 18.1 Å². The number of aromatic nitrogens is 1. The largest absolute Gasteiger partial charge is 0.481 e. The first-order valence-electron chi connectivity index (χ1n) is 17.4. The predicted octanol–water partition coefficient (Wildman–Crippen LogP) is 3.43. The monoisotopic (exact) mass is 757 g/mol. The fraction of sp³-hybridized carbons (Fsp3) is 0.325. The molecule has 0 saturated carbocycles. The Hall–Kier alpha value is -6.51. The molecule has 0 aliphatic heterocycles. The number of alkyl carbamates (subject to hydrolysis) is 1. The molecule has 0 saturated heterocycles. The van der Waals surface area contributed by atoms with E-state index in [1.807, 2.05) is 36.4 Å². The standard InChI is InChI=1S/C38H43N5O8.C2H4O2/c1-38(2,3)51-37(49)42-29(18-19-33(39)45)34(46)40-30(21-27-22-43(24-44)32-17-11-10-16-28(27)32)35(47)41-31(20-25-12-6-4-7-13-25)36(48)50-23-26-14-8-5-9-15-26;1-2(3)4/h4-17,22,24,29-31H,18-21,23H2,1-3H3,(H2,39,45)(H,40,46)(H,41,47)(H,42,49);1H3,(H,3,4)/t29-,30+,31-;/m0./s1. The number of nitrogens with zero attached hydrogens (tertiary/aromatic N) is 1. The van der Waals surface area contributed by atoms with Gasteiger partial charge in [-0.2, -0.15) is 0 Å². The summed E-state index contributed by atoms with van der Waals surface area (Å²) in [6, 6.07) is 21.4. The van der Waals surface area contributed by atoms with Crippen LogP contribution in [0.2, 0.25) is 0 Å². The van der Waals surface area contributed by atoms with Gasteiger partial charge in [-0.05, 0) is 49.9 Å². The normalized spacial score (nSPS) is 12.4. The van der Waals surface area contributed by atoms with E-state index in [9.17, 15) is 28.8 Å². The van der Waals surface area contributed by atoms with Crippen LogP contribution in [-0.2, 0) is 57.7 Å².